The molecule has 6 nitrogen and oxygen atoms in total. The van der Waals surface area contributed by atoms with Crippen molar-refractivity contribution in [2.75, 3.05) is 18.1 Å². The second kappa shape index (κ2) is 5.06. The van der Waals surface area contributed by atoms with Crippen LogP contribution in [0.1, 0.15) is 19.4 Å². The van der Waals surface area contributed by atoms with Crippen molar-refractivity contribution in [2.24, 2.45) is 0 Å². The van der Waals surface area contributed by atoms with Gasteiger partial charge in [0.15, 0.2) is 0 Å². The summed E-state index contributed by atoms with van der Waals surface area (Å²) in [5.41, 5.74) is 0.683. The summed E-state index contributed by atoms with van der Waals surface area (Å²) in [7, 11) is -3.52. The van der Waals surface area contributed by atoms with Crippen LogP contribution in [-0.2, 0) is 24.2 Å². The van der Waals surface area contributed by atoms with Gasteiger partial charge in [0.25, 0.3) is 11.7 Å². The third-order valence-electron chi connectivity index (χ3n) is 2.83. The Labute approximate surface area is 111 Å². The van der Waals surface area contributed by atoms with Crippen LogP contribution < -0.4 is 5.32 Å². The lowest BCUT2D eigenvalue weighted by molar-refractivity contribution is -0.172. The highest BCUT2D eigenvalue weighted by atomic mass is 31.2. The molecular formula is C12H16NO5P. The van der Waals surface area contributed by atoms with Gasteiger partial charge in [0.05, 0.1) is 12.3 Å². The predicted octanol–water partition coefficient (Wildman–Crippen LogP) is 2.05. The summed E-state index contributed by atoms with van der Waals surface area (Å²) >= 11 is 0. The molecule has 1 amide bonds. The van der Waals surface area contributed by atoms with E-state index >= 15 is 0 Å². The Balaban J connectivity index is 2.38. The molecule has 2 atom stereocenters. The molecule has 0 fully saturated rings. The summed E-state index contributed by atoms with van der Waals surface area (Å²) in [5.74, 6) is -3.03. The average molecular weight is 285 g/mol. The van der Waals surface area contributed by atoms with Crippen molar-refractivity contribution in [3.8, 4) is 0 Å². The molecule has 0 radical (unpaired) electrons. The molecule has 1 aromatic carbocycles. The van der Waals surface area contributed by atoms with E-state index in [1.165, 1.54) is 0 Å². The molecule has 7 heteroatoms. The van der Waals surface area contributed by atoms with Gasteiger partial charge < -0.3 is 14.9 Å². The number of carbonyl (C=O) groups excluding carboxylic acids is 1. The number of fused-ring (bicyclic) bond motifs is 1. The van der Waals surface area contributed by atoms with E-state index in [0.29, 0.717) is 5.69 Å². The van der Waals surface area contributed by atoms with Crippen LogP contribution in [0, 0.1) is 0 Å². The number of nitrogens with one attached hydrogen (secondary N) is 1. The normalized spacial score (nSPS) is 24.7. The molecule has 1 aliphatic heterocycles. The van der Waals surface area contributed by atoms with Crippen LogP contribution in [0.2, 0.25) is 0 Å². The van der Waals surface area contributed by atoms with Gasteiger partial charge in [-0.25, -0.2) is 0 Å². The Morgan fingerprint density at radius 2 is 2.05 bits per heavy atom. The number of aliphatic hydroxyl groups is 1. The number of hydrogen-bond donors (Lipinski definition) is 2. The van der Waals surface area contributed by atoms with E-state index < -0.39 is 19.3 Å². The third kappa shape index (κ3) is 2.44. The minimum atomic E-state index is -3.52. The lowest BCUT2D eigenvalue weighted by atomic mass is 10.1. The van der Waals surface area contributed by atoms with E-state index in [1.807, 2.05) is 0 Å². The zero-order valence-corrected chi connectivity index (χ0v) is 11.6. The number of anilines is 1. The minimum Gasteiger partial charge on any atom is -0.354 e. The molecule has 0 bridgehead atoms. The molecule has 0 spiro atoms. The molecule has 0 unspecified atom stereocenters. The predicted molar refractivity (Wildman–Crippen MR) is 69.8 cm³/mol. The Kier molecular flexibility index (Phi) is 3.78. The molecule has 0 aliphatic carbocycles. The van der Waals surface area contributed by atoms with Gasteiger partial charge >= 0.3 is 7.60 Å². The summed E-state index contributed by atoms with van der Waals surface area (Å²) in [6, 6.07) is 6.54. The van der Waals surface area contributed by atoms with E-state index in [2.05, 4.69) is 5.32 Å². The van der Waals surface area contributed by atoms with Crippen molar-refractivity contribution < 1.29 is 23.5 Å². The van der Waals surface area contributed by atoms with Gasteiger partial charge in [-0.2, -0.15) is 0 Å². The largest absolute Gasteiger partial charge is 0.354 e. The van der Waals surface area contributed by atoms with E-state index in [4.69, 9.17) is 9.05 Å². The molecule has 1 aliphatic rings. The highest BCUT2D eigenvalue weighted by Crippen LogP contribution is 2.54. The standard InChI is InChI=1S/C12H16NO5P/c1-3-17-19(16,4-2)18-12(15)9-7-5-6-8-10(9)13-11(12)14/h5-8,15H,3-4H2,1-2H3,(H,13,14)/t12-,19+/m0/s1. The van der Waals surface area contributed by atoms with Gasteiger partial charge in [-0.15, -0.1) is 0 Å². The topological polar surface area (TPSA) is 84.9 Å². The molecular weight excluding hydrogens is 269 g/mol. The second-order valence-corrected chi connectivity index (χ2v) is 6.37. The van der Waals surface area contributed by atoms with Crippen molar-refractivity contribution in [2.45, 2.75) is 19.6 Å². The molecule has 2 N–H and O–H groups in total. The van der Waals surface area contributed by atoms with Gasteiger partial charge in [-0.1, -0.05) is 25.1 Å². The van der Waals surface area contributed by atoms with Crippen LogP contribution in [0.4, 0.5) is 5.69 Å². The lowest BCUT2D eigenvalue weighted by Gasteiger charge is -2.26. The number of benzene rings is 1. The van der Waals surface area contributed by atoms with Crippen LogP contribution in [0.5, 0.6) is 0 Å². The van der Waals surface area contributed by atoms with Crippen LogP contribution in [0.3, 0.4) is 0 Å². The highest BCUT2D eigenvalue weighted by Gasteiger charge is 2.51. The summed E-state index contributed by atoms with van der Waals surface area (Å²) < 4.78 is 22.6. The molecule has 0 saturated carbocycles. The second-order valence-electron chi connectivity index (χ2n) is 4.08. The molecule has 1 aromatic rings. The molecule has 1 heterocycles. The number of amides is 1. The first-order valence-electron chi connectivity index (χ1n) is 6.03. The Morgan fingerprint density at radius 1 is 1.37 bits per heavy atom. The SMILES string of the molecule is CCO[P@](=O)(CC)O[C@]1(O)C(=O)Nc2ccccc21. The fraction of sp³-hybridized carbons (Fsp3) is 0.417. The Hall–Kier alpha value is -1.20. The first-order valence-corrected chi connectivity index (χ1v) is 7.75. The Bertz CT molecular complexity index is 547. The summed E-state index contributed by atoms with van der Waals surface area (Å²) in [4.78, 5) is 11.9. The summed E-state index contributed by atoms with van der Waals surface area (Å²) in [5, 5.41) is 12.9. The minimum absolute atomic E-state index is 0.0681. The van der Waals surface area contributed by atoms with Crippen LogP contribution in [-0.4, -0.2) is 23.8 Å². The molecule has 2 rings (SSSR count). The van der Waals surface area contributed by atoms with Crippen molar-refractivity contribution in [3.63, 3.8) is 0 Å². The van der Waals surface area contributed by atoms with Crippen LogP contribution >= 0.6 is 7.60 Å². The molecule has 0 aromatic heterocycles. The molecule has 104 valence electrons. The average Bonchev–Trinajstić information content (AvgIpc) is 2.62. The summed E-state index contributed by atoms with van der Waals surface area (Å²) in [6.07, 6.45) is 0.0681. The Morgan fingerprint density at radius 3 is 2.68 bits per heavy atom. The van der Waals surface area contributed by atoms with E-state index in [0.717, 1.165) is 0 Å². The summed E-state index contributed by atoms with van der Waals surface area (Å²) in [6.45, 7) is 3.45. The van der Waals surface area contributed by atoms with E-state index in [1.54, 1.807) is 38.1 Å². The van der Waals surface area contributed by atoms with Crippen molar-refractivity contribution >= 4 is 19.2 Å². The fourth-order valence-electron chi connectivity index (χ4n) is 1.89. The van der Waals surface area contributed by atoms with E-state index in [9.17, 15) is 14.5 Å². The van der Waals surface area contributed by atoms with Gasteiger partial charge in [-0.3, -0.25) is 13.9 Å². The molecule has 0 saturated heterocycles. The number of carbonyl (C=O) groups is 1. The van der Waals surface area contributed by atoms with Gasteiger partial charge in [0.2, 0.25) is 0 Å². The molecule has 19 heavy (non-hydrogen) atoms. The number of rotatable bonds is 5. The van der Waals surface area contributed by atoms with Crippen molar-refractivity contribution in [3.05, 3.63) is 29.8 Å². The van der Waals surface area contributed by atoms with Crippen molar-refractivity contribution in [1.29, 1.82) is 0 Å². The third-order valence-corrected chi connectivity index (χ3v) is 4.80. The maximum atomic E-state index is 12.3. The van der Waals surface area contributed by atoms with Gasteiger partial charge in [0.1, 0.15) is 0 Å². The fourth-order valence-corrected chi connectivity index (χ4v) is 3.23. The van der Waals surface area contributed by atoms with Crippen molar-refractivity contribution in [1.82, 2.24) is 0 Å². The highest BCUT2D eigenvalue weighted by molar-refractivity contribution is 7.53. The number of para-hydroxylation sites is 1. The zero-order valence-electron chi connectivity index (χ0n) is 10.8. The smallest absolute Gasteiger partial charge is 0.333 e. The zero-order chi connectivity index (χ0) is 14.1. The quantitative estimate of drug-likeness (QED) is 0.639. The first kappa shape index (κ1) is 14.2. The number of hydrogen-bond acceptors (Lipinski definition) is 5. The maximum absolute atomic E-state index is 12.3. The van der Waals surface area contributed by atoms with Crippen LogP contribution in [0.15, 0.2) is 24.3 Å². The van der Waals surface area contributed by atoms with Gasteiger partial charge in [0, 0.05) is 11.7 Å². The van der Waals surface area contributed by atoms with Gasteiger partial charge in [-0.05, 0) is 13.0 Å². The monoisotopic (exact) mass is 285 g/mol. The first-order chi connectivity index (χ1) is 8.95. The lowest BCUT2D eigenvalue weighted by Crippen LogP contribution is -2.36. The maximum Gasteiger partial charge on any atom is 0.333 e. The van der Waals surface area contributed by atoms with E-state index in [-0.39, 0.29) is 18.3 Å². The van der Waals surface area contributed by atoms with Crippen LogP contribution in [0.25, 0.3) is 0 Å².